The zero-order valence-corrected chi connectivity index (χ0v) is 8.53. The fourth-order valence-electron chi connectivity index (χ4n) is 1.06. The Hall–Kier alpha value is -2.24. The van der Waals surface area contributed by atoms with Crippen LogP contribution in [0.1, 0.15) is 0 Å². The van der Waals surface area contributed by atoms with Gasteiger partial charge in [0.2, 0.25) is 6.10 Å². The molecular weight excluding hydrogens is 214 g/mol. The highest BCUT2D eigenvalue weighted by molar-refractivity contribution is 5.92. The molecule has 0 fully saturated rings. The molecule has 0 bridgehead atoms. The van der Waals surface area contributed by atoms with Crippen molar-refractivity contribution in [3.05, 3.63) is 24.3 Å². The lowest BCUT2D eigenvalue weighted by Gasteiger charge is -2.12. The Balaban J connectivity index is 2.88. The van der Waals surface area contributed by atoms with Crippen molar-refractivity contribution in [2.75, 3.05) is 7.11 Å². The van der Waals surface area contributed by atoms with Crippen molar-refractivity contribution in [2.45, 2.75) is 6.10 Å². The Morgan fingerprint density at radius 3 is 2.56 bits per heavy atom. The molecule has 2 N–H and O–H groups in total. The fourth-order valence-corrected chi connectivity index (χ4v) is 1.06. The molecule has 1 aromatic rings. The number of methoxy groups -OCH3 is 1. The van der Waals surface area contributed by atoms with Crippen LogP contribution in [0.2, 0.25) is 0 Å². The van der Waals surface area contributed by atoms with Crippen LogP contribution in [-0.2, 0) is 4.79 Å². The monoisotopic (exact) mass is 225 g/mol. The predicted molar refractivity (Wildman–Crippen MR) is 55.3 cm³/mol. The van der Waals surface area contributed by atoms with Crippen LogP contribution in [-0.4, -0.2) is 35.7 Å². The van der Waals surface area contributed by atoms with E-state index < -0.39 is 12.1 Å². The first-order valence-electron chi connectivity index (χ1n) is 4.39. The summed E-state index contributed by atoms with van der Waals surface area (Å²) in [5, 5.41) is 19.7. The number of hydrogen-bond donors (Lipinski definition) is 2. The van der Waals surface area contributed by atoms with E-state index in [0.717, 1.165) is 6.21 Å². The van der Waals surface area contributed by atoms with Crippen LogP contribution in [0.3, 0.4) is 0 Å². The van der Waals surface area contributed by atoms with Crippen molar-refractivity contribution >= 4 is 12.2 Å². The van der Waals surface area contributed by atoms with E-state index in [0.29, 0.717) is 5.75 Å². The minimum Gasteiger partial charge on any atom is -0.493 e. The lowest BCUT2D eigenvalue weighted by Crippen LogP contribution is -2.28. The van der Waals surface area contributed by atoms with Gasteiger partial charge in [0.15, 0.2) is 11.5 Å². The molecule has 6 heteroatoms. The third kappa shape index (κ3) is 2.88. The molecular formula is C10H11NO5. The van der Waals surface area contributed by atoms with E-state index in [1.807, 2.05) is 0 Å². The molecule has 6 nitrogen and oxygen atoms in total. The van der Waals surface area contributed by atoms with Gasteiger partial charge in [-0.1, -0.05) is 17.3 Å². The van der Waals surface area contributed by atoms with Gasteiger partial charge in [0.1, 0.15) is 0 Å². The number of nitrogens with zero attached hydrogens (tertiary/aromatic N) is 1. The highest BCUT2D eigenvalue weighted by Crippen LogP contribution is 2.26. The number of carbonyl (C=O) groups is 1. The van der Waals surface area contributed by atoms with E-state index in [4.69, 9.17) is 19.8 Å². The molecule has 86 valence electrons. The summed E-state index contributed by atoms with van der Waals surface area (Å²) in [6.45, 7) is 0. The number of ether oxygens (including phenoxy) is 2. The van der Waals surface area contributed by atoms with E-state index in [9.17, 15) is 4.79 Å². The van der Waals surface area contributed by atoms with Gasteiger partial charge >= 0.3 is 5.97 Å². The Kier molecular flexibility index (Phi) is 4.14. The molecule has 0 aliphatic rings. The lowest BCUT2D eigenvalue weighted by atomic mass is 10.3. The molecule has 0 heterocycles. The maximum Gasteiger partial charge on any atom is 0.350 e. The number of carboxylic acid groups (broad SMARTS) is 1. The quantitative estimate of drug-likeness (QED) is 0.443. The van der Waals surface area contributed by atoms with Crippen molar-refractivity contribution in [1.29, 1.82) is 0 Å². The minimum absolute atomic E-state index is 0.261. The first kappa shape index (κ1) is 11.8. The van der Waals surface area contributed by atoms with Crippen LogP contribution in [0.25, 0.3) is 0 Å². The first-order chi connectivity index (χ1) is 7.69. The van der Waals surface area contributed by atoms with Crippen LogP contribution in [0.4, 0.5) is 0 Å². The molecule has 0 aliphatic carbocycles. The number of para-hydroxylation sites is 2. The Morgan fingerprint density at radius 1 is 1.44 bits per heavy atom. The molecule has 0 spiro atoms. The van der Waals surface area contributed by atoms with Crippen molar-refractivity contribution < 1.29 is 24.6 Å². The van der Waals surface area contributed by atoms with Crippen LogP contribution >= 0.6 is 0 Å². The van der Waals surface area contributed by atoms with Crippen molar-refractivity contribution in [3.8, 4) is 11.5 Å². The molecule has 0 aromatic heterocycles. The summed E-state index contributed by atoms with van der Waals surface area (Å²) in [5.74, 6) is -0.596. The highest BCUT2D eigenvalue weighted by atomic mass is 16.5. The summed E-state index contributed by atoms with van der Waals surface area (Å²) in [6, 6.07) is 6.58. The summed E-state index contributed by atoms with van der Waals surface area (Å²) >= 11 is 0. The second kappa shape index (κ2) is 5.59. The van der Waals surface area contributed by atoms with Gasteiger partial charge in [-0.05, 0) is 12.1 Å². The maximum absolute atomic E-state index is 10.7. The number of rotatable bonds is 5. The standard InChI is InChI=1S/C10H11NO5/c1-15-7-4-2-3-5-8(7)16-9(6-11-14)10(12)13/h2-6,9,14H,1H3,(H,12,13). The molecule has 16 heavy (non-hydrogen) atoms. The van der Waals surface area contributed by atoms with Crippen molar-refractivity contribution in [1.82, 2.24) is 0 Å². The topological polar surface area (TPSA) is 88.4 Å². The van der Waals surface area contributed by atoms with Gasteiger partial charge in [0.05, 0.1) is 13.3 Å². The molecule has 0 saturated carbocycles. The molecule has 0 amide bonds. The Labute approximate surface area is 91.7 Å². The molecule has 0 aliphatic heterocycles. The summed E-state index contributed by atoms with van der Waals surface area (Å²) < 4.78 is 10.1. The molecule has 0 saturated heterocycles. The van der Waals surface area contributed by atoms with Gasteiger partial charge in [-0.2, -0.15) is 0 Å². The summed E-state index contributed by atoms with van der Waals surface area (Å²) in [5.41, 5.74) is 0. The van der Waals surface area contributed by atoms with Crippen LogP contribution < -0.4 is 9.47 Å². The third-order valence-corrected chi connectivity index (χ3v) is 1.77. The van der Waals surface area contributed by atoms with E-state index in [1.54, 1.807) is 24.3 Å². The van der Waals surface area contributed by atoms with Crippen LogP contribution in [0.5, 0.6) is 11.5 Å². The number of aliphatic carboxylic acids is 1. The van der Waals surface area contributed by atoms with Crippen LogP contribution in [0.15, 0.2) is 29.4 Å². The minimum atomic E-state index is -1.36. The van der Waals surface area contributed by atoms with Gasteiger partial charge in [0, 0.05) is 0 Å². The predicted octanol–water partition coefficient (Wildman–Crippen LogP) is 0.987. The zero-order chi connectivity index (χ0) is 12.0. The first-order valence-corrected chi connectivity index (χ1v) is 4.39. The fraction of sp³-hybridized carbons (Fsp3) is 0.200. The SMILES string of the molecule is COc1ccccc1OC(C=NO)C(=O)O. The summed E-state index contributed by atoms with van der Waals surface area (Å²) in [4.78, 5) is 10.7. The van der Waals surface area contributed by atoms with E-state index in [1.165, 1.54) is 7.11 Å². The van der Waals surface area contributed by atoms with Gasteiger partial charge in [-0.15, -0.1) is 0 Å². The van der Waals surface area contributed by atoms with E-state index >= 15 is 0 Å². The number of benzene rings is 1. The Bertz CT molecular complexity index is 391. The second-order valence-corrected chi connectivity index (χ2v) is 2.79. The summed E-state index contributed by atoms with van der Waals surface area (Å²) in [6.07, 6.45) is -0.587. The maximum atomic E-state index is 10.7. The smallest absolute Gasteiger partial charge is 0.350 e. The molecule has 0 radical (unpaired) electrons. The number of carboxylic acids is 1. The second-order valence-electron chi connectivity index (χ2n) is 2.79. The molecule has 1 atom stereocenters. The van der Waals surface area contributed by atoms with Gasteiger partial charge in [-0.3, -0.25) is 0 Å². The van der Waals surface area contributed by atoms with Crippen molar-refractivity contribution in [3.63, 3.8) is 0 Å². The molecule has 1 unspecified atom stereocenters. The average molecular weight is 225 g/mol. The van der Waals surface area contributed by atoms with Crippen LogP contribution in [0, 0.1) is 0 Å². The van der Waals surface area contributed by atoms with Crippen molar-refractivity contribution in [2.24, 2.45) is 5.16 Å². The molecule has 1 aromatic carbocycles. The zero-order valence-electron chi connectivity index (χ0n) is 8.53. The van der Waals surface area contributed by atoms with Gasteiger partial charge in [0.25, 0.3) is 0 Å². The third-order valence-electron chi connectivity index (χ3n) is 1.77. The largest absolute Gasteiger partial charge is 0.493 e. The normalized spacial score (nSPS) is 12.3. The molecule has 1 rings (SSSR count). The van der Waals surface area contributed by atoms with E-state index in [2.05, 4.69) is 5.16 Å². The van der Waals surface area contributed by atoms with Gasteiger partial charge in [-0.25, -0.2) is 4.79 Å². The lowest BCUT2D eigenvalue weighted by molar-refractivity contribution is -0.141. The average Bonchev–Trinajstić information content (AvgIpc) is 2.29. The highest BCUT2D eigenvalue weighted by Gasteiger charge is 2.18. The number of oxime groups is 1. The number of hydrogen-bond acceptors (Lipinski definition) is 5. The van der Waals surface area contributed by atoms with Gasteiger partial charge < -0.3 is 19.8 Å². The van der Waals surface area contributed by atoms with E-state index in [-0.39, 0.29) is 5.75 Å². The Morgan fingerprint density at radius 2 is 2.06 bits per heavy atom. The summed E-state index contributed by atoms with van der Waals surface area (Å²) in [7, 11) is 1.44.